The van der Waals surface area contributed by atoms with Gasteiger partial charge in [-0.2, -0.15) is 13.2 Å². The third-order valence-electron chi connectivity index (χ3n) is 4.73. The molecule has 0 aliphatic carbocycles. The number of carbonyl (C=O) groups excluding carboxylic acids is 1. The van der Waals surface area contributed by atoms with Gasteiger partial charge in [-0.25, -0.2) is 4.79 Å². The number of methoxy groups -OCH3 is 1. The maximum Gasteiger partial charge on any atom is 0.419 e. The molecular weight excluding hydrogens is 463 g/mol. The highest BCUT2D eigenvalue weighted by molar-refractivity contribution is 5.69. The van der Waals surface area contributed by atoms with Crippen LogP contribution in [0, 0.1) is 5.92 Å². The second kappa shape index (κ2) is 13.2. The zero-order valence-electron chi connectivity index (χ0n) is 20.4. The number of alkyl halides is 3. The van der Waals surface area contributed by atoms with Crippen molar-refractivity contribution >= 4 is 12.2 Å². The number of alkyl carbamates (subject to hydrolysis) is 1. The van der Waals surface area contributed by atoms with E-state index in [0.29, 0.717) is 0 Å². The van der Waals surface area contributed by atoms with Crippen LogP contribution in [0.5, 0.6) is 5.75 Å². The van der Waals surface area contributed by atoms with Gasteiger partial charge in [0, 0.05) is 7.11 Å². The van der Waals surface area contributed by atoms with Crippen molar-refractivity contribution in [1.82, 2.24) is 5.32 Å². The highest BCUT2D eigenvalue weighted by Gasteiger charge is 2.34. The zero-order valence-corrected chi connectivity index (χ0v) is 20.4. The maximum absolute atomic E-state index is 13.7. The van der Waals surface area contributed by atoms with Crippen LogP contribution in [0.15, 0.2) is 54.6 Å². The summed E-state index contributed by atoms with van der Waals surface area (Å²) in [6.07, 6.45) is -2.24. The Morgan fingerprint density at radius 1 is 1.11 bits per heavy atom. The van der Waals surface area contributed by atoms with E-state index in [9.17, 15) is 18.0 Å². The Labute approximate surface area is 204 Å². The number of benzene rings is 2. The first-order valence-corrected chi connectivity index (χ1v) is 11.1. The molecule has 2 aromatic rings. The largest absolute Gasteiger partial charge is 0.488 e. The molecule has 1 amide bonds. The Hall–Kier alpha value is -3.04. The number of ether oxygens (including phenoxy) is 4. The first-order chi connectivity index (χ1) is 16.5. The molecule has 1 unspecified atom stereocenters. The van der Waals surface area contributed by atoms with E-state index in [1.54, 1.807) is 37.3 Å². The van der Waals surface area contributed by atoms with Crippen LogP contribution >= 0.6 is 0 Å². The van der Waals surface area contributed by atoms with E-state index < -0.39 is 23.4 Å². The van der Waals surface area contributed by atoms with Crippen molar-refractivity contribution in [3.05, 3.63) is 71.3 Å². The Kier molecular flexibility index (Phi) is 10.6. The minimum Gasteiger partial charge on any atom is -0.488 e. The number of halogens is 3. The first-order valence-electron chi connectivity index (χ1n) is 11.1. The van der Waals surface area contributed by atoms with Crippen LogP contribution in [-0.4, -0.2) is 38.7 Å². The van der Waals surface area contributed by atoms with Gasteiger partial charge in [-0.1, -0.05) is 62.4 Å². The fraction of sp³-hybridized carbons (Fsp3) is 0.423. The Balaban J connectivity index is 2.22. The summed E-state index contributed by atoms with van der Waals surface area (Å²) < 4.78 is 62.1. The van der Waals surface area contributed by atoms with Crippen LogP contribution in [0.2, 0.25) is 0 Å². The van der Waals surface area contributed by atoms with Gasteiger partial charge in [-0.3, -0.25) is 0 Å². The molecular formula is C26H32F3NO5. The van der Waals surface area contributed by atoms with Gasteiger partial charge in [0.15, 0.2) is 0 Å². The molecule has 0 fully saturated rings. The van der Waals surface area contributed by atoms with Gasteiger partial charge >= 0.3 is 12.3 Å². The quantitative estimate of drug-likeness (QED) is 0.286. The Morgan fingerprint density at radius 3 is 2.46 bits per heavy atom. The lowest BCUT2D eigenvalue weighted by molar-refractivity contribution is -0.139. The first kappa shape index (κ1) is 28.2. The van der Waals surface area contributed by atoms with Crippen LogP contribution in [0.1, 0.15) is 37.5 Å². The van der Waals surface area contributed by atoms with Crippen molar-refractivity contribution in [3.8, 4) is 5.75 Å². The molecule has 0 aromatic heterocycles. The van der Waals surface area contributed by atoms with Crippen molar-refractivity contribution in [3.63, 3.8) is 0 Å². The van der Waals surface area contributed by atoms with Gasteiger partial charge in [-0.15, -0.1) is 0 Å². The molecule has 0 heterocycles. The molecule has 0 radical (unpaired) electrons. The fourth-order valence-corrected chi connectivity index (χ4v) is 2.99. The number of rotatable bonds is 12. The molecule has 0 aliphatic heterocycles. The van der Waals surface area contributed by atoms with E-state index in [1.807, 2.05) is 19.9 Å². The topological polar surface area (TPSA) is 66.0 Å². The van der Waals surface area contributed by atoms with Crippen LogP contribution in [-0.2, 0) is 27.0 Å². The third-order valence-corrected chi connectivity index (χ3v) is 4.73. The fourth-order valence-electron chi connectivity index (χ4n) is 2.99. The molecule has 0 bridgehead atoms. The molecule has 1 N–H and O–H groups in total. The summed E-state index contributed by atoms with van der Waals surface area (Å²) in [4.78, 5) is 12.2. The SMILES string of the molecule is COCOCC(C)(C=Cc1ccc(OCc2ccccc2)c(C(F)(F)F)c1)NC(=O)OCC(C)C. The summed E-state index contributed by atoms with van der Waals surface area (Å²) in [5.74, 6) is -0.115. The average molecular weight is 496 g/mol. The average Bonchev–Trinajstić information content (AvgIpc) is 2.80. The van der Waals surface area contributed by atoms with E-state index in [2.05, 4.69) is 5.32 Å². The molecule has 0 saturated heterocycles. The Bertz CT molecular complexity index is 963. The van der Waals surface area contributed by atoms with E-state index in [4.69, 9.17) is 18.9 Å². The van der Waals surface area contributed by atoms with Gasteiger partial charge in [-0.05, 0) is 36.1 Å². The van der Waals surface area contributed by atoms with E-state index in [-0.39, 0.29) is 43.8 Å². The van der Waals surface area contributed by atoms with Crippen molar-refractivity contribution in [2.75, 3.05) is 27.1 Å². The maximum atomic E-state index is 13.7. The van der Waals surface area contributed by atoms with Crippen LogP contribution in [0.3, 0.4) is 0 Å². The molecule has 0 saturated carbocycles. The van der Waals surface area contributed by atoms with E-state index >= 15 is 0 Å². The molecule has 0 spiro atoms. The number of carbonyl (C=O) groups is 1. The lowest BCUT2D eigenvalue weighted by Crippen LogP contribution is -2.48. The number of hydrogen-bond donors (Lipinski definition) is 1. The van der Waals surface area contributed by atoms with E-state index in [0.717, 1.165) is 11.6 Å². The van der Waals surface area contributed by atoms with Gasteiger partial charge < -0.3 is 24.3 Å². The number of amides is 1. The lowest BCUT2D eigenvalue weighted by Gasteiger charge is -2.27. The molecule has 9 heteroatoms. The van der Waals surface area contributed by atoms with Crippen LogP contribution in [0.25, 0.3) is 6.08 Å². The van der Waals surface area contributed by atoms with Crippen molar-refractivity contribution in [2.45, 2.75) is 39.1 Å². The van der Waals surface area contributed by atoms with Crippen molar-refractivity contribution < 1.29 is 36.9 Å². The smallest absolute Gasteiger partial charge is 0.419 e. The van der Waals surface area contributed by atoms with Crippen molar-refractivity contribution in [2.24, 2.45) is 5.92 Å². The third kappa shape index (κ3) is 10.00. The summed E-state index contributed by atoms with van der Waals surface area (Å²) in [6, 6.07) is 12.7. The van der Waals surface area contributed by atoms with Gasteiger partial charge in [0.1, 0.15) is 19.1 Å². The zero-order chi connectivity index (χ0) is 25.9. The van der Waals surface area contributed by atoms with E-state index in [1.165, 1.54) is 25.3 Å². The van der Waals surface area contributed by atoms with Crippen LogP contribution < -0.4 is 10.1 Å². The van der Waals surface area contributed by atoms with Crippen LogP contribution in [0.4, 0.5) is 18.0 Å². The molecule has 35 heavy (non-hydrogen) atoms. The molecule has 0 aliphatic rings. The van der Waals surface area contributed by atoms with Crippen molar-refractivity contribution in [1.29, 1.82) is 0 Å². The highest BCUT2D eigenvalue weighted by atomic mass is 19.4. The highest BCUT2D eigenvalue weighted by Crippen LogP contribution is 2.37. The lowest BCUT2D eigenvalue weighted by atomic mass is 10.0. The number of nitrogens with one attached hydrogen (secondary N) is 1. The van der Waals surface area contributed by atoms with Gasteiger partial charge in [0.05, 0.1) is 24.3 Å². The summed E-state index contributed by atoms with van der Waals surface area (Å²) in [6.45, 7) is 5.70. The molecule has 192 valence electrons. The summed E-state index contributed by atoms with van der Waals surface area (Å²) in [5, 5.41) is 2.70. The summed E-state index contributed by atoms with van der Waals surface area (Å²) in [5.41, 5.74) is -0.920. The normalized spacial score (nSPS) is 13.6. The minimum absolute atomic E-state index is 0.0103. The van der Waals surface area contributed by atoms with Gasteiger partial charge in [0.25, 0.3) is 0 Å². The number of hydrogen-bond acceptors (Lipinski definition) is 5. The molecule has 6 nitrogen and oxygen atoms in total. The second-order valence-electron chi connectivity index (χ2n) is 8.65. The summed E-state index contributed by atoms with van der Waals surface area (Å²) >= 11 is 0. The molecule has 2 rings (SSSR count). The molecule has 1 atom stereocenters. The standard InChI is InChI=1S/C26H32F3NO5/c1-19(2)15-35-24(31)30-25(3,17-33-18-32-4)13-12-20-10-11-23(22(14-20)26(27,28)29)34-16-21-8-6-5-7-9-21/h5-14,19H,15-18H2,1-4H3,(H,30,31). The predicted octanol–water partition coefficient (Wildman–Crippen LogP) is 6.06. The predicted molar refractivity (Wildman–Crippen MR) is 127 cm³/mol. The monoisotopic (exact) mass is 495 g/mol. The summed E-state index contributed by atoms with van der Waals surface area (Å²) in [7, 11) is 1.46. The van der Waals surface area contributed by atoms with Gasteiger partial charge in [0.2, 0.25) is 0 Å². The molecule has 2 aromatic carbocycles. The Morgan fingerprint density at radius 2 is 1.83 bits per heavy atom. The second-order valence-corrected chi connectivity index (χ2v) is 8.65. The minimum atomic E-state index is -4.61.